The molecule has 0 fully saturated rings. The maximum Gasteiger partial charge on any atom is 0.253 e. The Bertz CT molecular complexity index is 616. The van der Waals surface area contributed by atoms with Crippen LogP contribution in [-0.2, 0) is 10.0 Å². The van der Waals surface area contributed by atoms with Crippen molar-refractivity contribution in [1.82, 2.24) is 10.0 Å². The normalized spacial score (nSPS) is 13.8. The maximum absolute atomic E-state index is 12.2. The van der Waals surface area contributed by atoms with Gasteiger partial charge in [-0.25, -0.2) is 13.1 Å². The predicted molar refractivity (Wildman–Crippen MR) is 83.2 cm³/mol. The van der Waals surface area contributed by atoms with Crippen LogP contribution >= 0.6 is 0 Å². The van der Waals surface area contributed by atoms with E-state index < -0.39 is 10.0 Å². The van der Waals surface area contributed by atoms with Crippen LogP contribution < -0.4 is 20.7 Å². The zero-order valence-corrected chi connectivity index (χ0v) is 12.7. The van der Waals surface area contributed by atoms with Gasteiger partial charge < -0.3 is 16.0 Å². The second-order valence-corrected chi connectivity index (χ2v) is 6.69. The average molecular weight is 312 g/mol. The minimum Gasteiger partial charge on any atom is -0.382 e. The molecular formula is C13H20N4O3S. The molecule has 0 aliphatic carbocycles. The van der Waals surface area contributed by atoms with Gasteiger partial charge in [-0.15, -0.1) is 0 Å². The van der Waals surface area contributed by atoms with Crippen LogP contribution in [-0.4, -0.2) is 46.8 Å². The van der Waals surface area contributed by atoms with E-state index in [0.29, 0.717) is 25.1 Å². The van der Waals surface area contributed by atoms with Crippen molar-refractivity contribution < 1.29 is 13.2 Å². The first-order chi connectivity index (χ1) is 9.97. The molecule has 8 heteroatoms. The quantitative estimate of drug-likeness (QED) is 0.562. The van der Waals surface area contributed by atoms with E-state index in [1.807, 2.05) is 12.1 Å². The highest BCUT2D eigenvalue weighted by molar-refractivity contribution is 7.88. The molecule has 0 bridgehead atoms. The van der Waals surface area contributed by atoms with Crippen LogP contribution in [0.15, 0.2) is 18.2 Å². The highest BCUT2D eigenvalue weighted by Crippen LogP contribution is 2.28. The smallest absolute Gasteiger partial charge is 0.253 e. The van der Waals surface area contributed by atoms with E-state index in [2.05, 4.69) is 20.7 Å². The topological polar surface area (TPSA) is 99.3 Å². The number of fused-ring (bicyclic) bond motifs is 1. The molecule has 2 rings (SSSR count). The van der Waals surface area contributed by atoms with Gasteiger partial charge in [-0.05, 0) is 18.6 Å². The van der Waals surface area contributed by atoms with Crippen molar-refractivity contribution in [1.29, 1.82) is 0 Å². The zero-order valence-electron chi connectivity index (χ0n) is 11.9. The number of carbonyl (C=O) groups excluding carboxylic acids is 1. The van der Waals surface area contributed by atoms with E-state index in [0.717, 1.165) is 30.7 Å². The number of nitrogens with one attached hydrogen (secondary N) is 4. The summed E-state index contributed by atoms with van der Waals surface area (Å²) in [7, 11) is -3.17. The van der Waals surface area contributed by atoms with E-state index in [-0.39, 0.29) is 5.91 Å². The van der Waals surface area contributed by atoms with Crippen molar-refractivity contribution >= 4 is 27.3 Å². The van der Waals surface area contributed by atoms with Gasteiger partial charge in [0.1, 0.15) is 0 Å². The lowest BCUT2D eigenvalue weighted by molar-refractivity contribution is 0.0954. The molecular weight excluding hydrogens is 292 g/mol. The Morgan fingerprint density at radius 2 is 2.00 bits per heavy atom. The monoisotopic (exact) mass is 312 g/mol. The van der Waals surface area contributed by atoms with Gasteiger partial charge in [0, 0.05) is 26.2 Å². The average Bonchev–Trinajstić information content (AvgIpc) is 2.45. The summed E-state index contributed by atoms with van der Waals surface area (Å²) in [6.45, 7) is 2.33. The van der Waals surface area contributed by atoms with Gasteiger partial charge in [-0.3, -0.25) is 4.79 Å². The van der Waals surface area contributed by atoms with E-state index in [1.54, 1.807) is 6.07 Å². The van der Waals surface area contributed by atoms with Crippen molar-refractivity contribution in [3.8, 4) is 0 Å². The van der Waals surface area contributed by atoms with E-state index in [1.165, 1.54) is 0 Å². The Hall–Kier alpha value is -1.80. The van der Waals surface area contributed by atoms with Crippen molar-refractivity contribution in [2.45, 2.75) is 6.42 Å². The summed E-state index contributed by atoms with van der Waals surface area (Å²) in [5.74, 6) is -0.164. The Labute approximate surface area is 124 Å². The molecule has 0 atom stereocenters. The molecule has 0 spiro atoms. The fourth-order valence-electron chi connectivity index (χ4n) is 2.11. The molecule has 116 valence electrons. The number of carbonyl (C=O) groups is 1. The number of sulfonamides is 1. The molecule has 21 heavy (non-hydrogen) atoms. The minimum absolute atomic E-state index is 0.164. The molecule has 1 aromatic rings. The molecule has 1 aliphatic rings. The van der Waals surface area contributed by atoms with Crippen LogP contribution in [0.3, 0.4) is 0 Å². The molecule has 1 aromatic carbocycles. The third-order valence-corrected chi connectivity index (χ3v) is 3.78. The second-order valence-electron chi connectivity index (χ2n) is 4.86. The van der Waals surface area contributed by atoms with Crippen LogP contribution in [0.2, 0.25) is 0 Å². The van der Waals surface area contributed by atoms with Gasteiger partial charge >= 0.3 is 0 Å². The largest absolute Gasteiger partial charge is 0.382 e. The molecule has 0 radical (unpaired) electrons. The molecule has 7 nitrogen and oxygen atoms in total. The van der Waals surface area contributed by atoms with Crippen molar-refractivity contribution in [2.24, 2.45) is 0 Å². The number of hydrogen-bond donors (Lipinski definition) is 4. The number of rotatable bonds is 6. The second kappa shape index (κ2) is 6.77. The summed E-state index contributed by atoms with van der Waals surface area (Å²) in [6.07, 6.45) is 1.65. The Kier molecular flexibility index (Phi) is 5.03. The van der Waals surface area contributed by atoms with Crippen LogP contribution in [0.4, 0.5) is 11.4 Å². The lowest BCUT2D eigenvalue weighted by Gasteiger charge is -2.22. The molecule has 0 saturated carbocycles. The van der Waals surface area contributed by atoms with Crippen LogP contribution in [0.1, 0.15) is 16.8 Å². The molecule has 4 N–H and O–H groups in total. The van der Waals surface area contributed by atoms with Crippen molar-refractivity contribution in [3.05, 3.63) is 23.8 Å². The van der Waals surface area contributed by atoms with Gasteiger partial charge in [-0.2, -0.15) is 0 Å². The third kappa shape index (κ3) is 4.61. The van der Waals surface area contributed by atoms with Gasteiger partial charge in [-0.1, -0.05) is 6.07 Å². The number of hydrogen-bond acceptors (Lipinski definition) is 5. The van der Waals surface area contributed by atoms with Gasteiger partial charge in [0.15, 0.2) is 0 Å². The minimum atomic E-state index is -3.17. The first kappa shape index (κ1) is 15.6. The fourth-order valence-corrected chi connectivity index (χ4v) is 2.62. The van der Waals surface area contributed by atoms with E-state index in [9.17, 15) is 13.2 Å². The Morgan fingerprint density at radius 1 is 1.24 bits per heavy atom. The zero-order chi connectivity index (χ0) is 15.3. The van der Waals surface area contributed by atoms with Crippen molar-refractivity contribution in [3.63, 3.8) is 0 Å². The summed E-state index contributed by atoms with van der Waals surface area (Å²) in [4.78, 5) is 12.2. The molecule has 1 amide bonds. The third-order valence-electron chi connectivity index (χ3n) is 3.05. The summed E-state index contributed by atoms with van der Waals surface area (Å²) in [6, 6.07) is 5.52. The number of anilines is 2. The van der Waals surface area contributed by atoms with Crippen molar-refractivity contribution in [2.75, 3.05) is 43.1 Å². The number of amides is 1. The SMILES string of the molecule is CS(=O)(=O)NCCCNC(=O)c1cccc2c1NCCN2. The van der Waals surface area contributed by atoms with Gasteiger partial charge in [0.05, 0.1) is 23.2 Å². The first-order valence-electron chi connectivity index (χ1n) is 6.81. The highest BCUT2D eigenvalue weighted by atomic mass is 32.2. The van der Waals surface area contributed by atoms with Crippen LogP contribution in [0, 0.1) is 0 Å². The van der Waals surface area contributed by atoms with Crippen LogP contribution in [0.25, 0.3) is 0 Å². The van der Waals surface area contributed by atoms with Gasteiger partial charge in [0.2, 0.25) is 10.0 Å². The maximum atomic E-state index is 12.2. The molecule has 0 saturated heterocycles. The standard InChI is InChI=1S/C13H20N4O3S/c1-21(19,20)17-7-3-6-16-13(18)10-4-2-5-11-12(10)15-9-8-14-11/h2,4-5,14-15,17H,3,6-9H2,1H3,(H,16,18). The Morgan fingerprint density at radius 3 is 2.76 bits per heavy atom. The van der Waals surface area contributed by atoms with Crippen LogP contribution in [0.5, 0.6) is 0 Å². The molecule has 1 heterocycles. The number of para-hydroxylation sites is 1. The predicted octanol–water partition coefficient (Wildman–Crippen LogP) is 0.193. The summed E-state index contributed by atoms with van der Waals surface area (Å²) < 4.78 is 24.2. The highest BCUT2D eigenvalue weighted by Gasteiger charge is 2.16. The molecule has 0 aromatic heterocycles. The summed E-state index contributed by atoms with van der Waals surface area (Å²) >= 11 is 0. The van der Waals surface area contributed by atoms with E-state index >= 15 is 0 Å². The molecule has 0 unspecified atom stereocenters. The Balaban J connectivity index is 1.87. The first-order valence-corrected chi connectivity index (χ1v) is 8.70. The lowest BCUT2D eigenvalue weighted by atomic mass is 10.1. The molecule has 1 aliphatic heterocycles. The van der Waals surface area contributed by atoms with Gasteiger partial charge in [0.25, 0.3) is 5.91 Å². The summed E-state index contributed by atoms with van der Waals surface area (Å²) in [5.41, 5.74) is 2.33. The number of benzene rings is 1. The summed E-state index contributed by atoms with van der Waals surface area (Å²) in [5, 5.41) is 9.24. The lowest BCUT2D eigenvalue weighted by Crippen LogP contribution is -2.30. The van der Waals surface area contributed by atoms with E-state index in [4.69, 9.17) is 0 Å². The fraction of sp³-hybridized carbons (Fsp3) is 0.462.